The van der Waals surface area contributed by atoms with Crippen molar-refractivity contribution in [3.63, 3.8) is 0 Å². The number of nitrogens with one attached hydrogen (secondary N) is 1. The van der Waals surface area contributed by atoms with Crippen LogP contribution in [0.15, 0.2) is 34.9 Å². The predicted molar refractivity (Wildman–Crippen MR) is 75.4 cm³/mol. The maximum absolute atomic E-state index is 11.9. The summed E-state index contributed by atoms with van der Waals surface area (Å²) in [6.07, 6.45) is 1.48. The molecule has 0 saturated carbocycles. The molecule has 2 rings (SSSR count). The minimum absolute atomic E-state index is 0.113. The van der Waals surface area contributed by atoms with Gasteiger partial charge in [-0.05, 0) is 24.3 Å². The van der Waals surface area contributed by atoms with Crippen LogP contribution in [-0.4, -0.2) is 36.1 Å². The van der Waals surface area contributed by atoms with E-state index < -0.39 is 5.97 Å². The normalized spacial score (nSPS) is 10.2. The summed E-state index contributed by atoms with van der Waals surface area (Å²) in [5.41, 5.74) is 0.422. The smallest absolute Gasteiger partial charge is 0.371 e. The van der Waals surface area contributed by atoms with Gasteiger partial charge in [-0.15, -0.1) is 0 Å². The van der Waals surface area contributed by atoms with Crippen molar-refractivity contribution in [3.8, 4) is 0 Å². The summed E-state index contributed by atoms with van der Waals surface area (Å²) < 4.78 is 5.05. The summed E-state index contributed by atoms with van der Waals surface area (Å²) in [5.74, 6) is -0.476. The number of nitrogens with zero attached hydrogens (tertiary/aromatic N) is 2. The topological polar surface area (TPSA) is 95.7 Å². The first-order valence-electron chi connectivity index (χ1n) is 6.21. The summed E-state index contributed by atoms with van der Waals surface area (Å²) in [4.78, 5) is 28.6. The highest BCUT2D eigenvalue weighted by molar-refractivity contribution is 5.94. The number of amides is 1. The van der Waals surface area contributed by atoms with Crippen molar-refractivity contribution >= 4 is 17.7 Å². The molecule has 2 aromatic heterocycles. The molecule has 110 valence electrons. The minimum Gasteiger partial charge on any atom is -0.475 e. The van der Waals surface area contributed by atoms with Gasteiger partial charge in [0.25, 0.3) is 5.91 Å². The molecule has 2 heterocycles. The Morgan fingerprint density at radius 1 is 1.29 bits per heavy atom. The van der Waals surface area contributed by atoms with Crippen LogP contribution in [0.1, 0.15) is 26.7 Å². The SMILES string of the molecule is CN(C)c1ccc(C(=O)NCc2ccc(C(=O)O)o2)cn1. The van der Waals surface area contributed by atoms with E-state index in [0.29, 0.717) is 11.3 Å². The Morgan fingerprint density at radius 2 is 2.05 bits per heavy atom. The number of pyridine rings is 1. The number of carboxylic acid groups (broad SMARTS) is 1. The number of carboxylic acids is 1. The molecular weight excluding hydrogens is 274 g/mol. The quantitative estimate of drug-likeness (QED) is 0.863. The molecule has 0 aliphatic heterocycles. The van der Waals surface area contributed by atoms with E-state index in [1.807, 2.05) is 19.0 Å². The van der Waals surface area contributed by atoms with Crippen LogP contribution in [0.25, 0.3) is 0 Å². The highest BCUT2D eigenvalue weighted by Gasteiger charge is 2.11. The average molecular weight is 289 g/mol. The van der Waals surface area contributed by atoms with Crippen LogP contribution in [0.2, 0.25) is 0 Å². The van der Waals surface area contributed by atoms with E-state index in [1.165, 1.54) is 18.3 Å². The molecule has 0 aliphatic rings. The molecule has 7 heteroatoms. The fourth-order valence-corrected chi connectivity index (χ4v) is 1.64. The highest BCUT2D eigenvalue weighted by Crippen LogP contribution is 2.09. The molecule has 0 aromatic carbocycles. The number of hydrogen-bond donors (Lipinski definition) is 2. The molecule has 0 aliphatic carbocycles. The molecule has 2 aromatic rings. The van der Waals surface area contributed by atoms with Crippen molar-refractivity contribution in [2.45, 2.75) is 6.54 Å². The maximum atomic E-state index is 11.9. The zero-order valence-electron chi connectivity index (χ0n) is 11.7. The molecule has 0 radical (unpaired) electrons. The lowest BCUT2D eigenvalue weighted by molar-refractivity contribution is 0.0660. The number of furan rings is 1. The molecule has 7 nitrogen and oxygen atoms in total. The lowest BCUT2D eigenvalue weighted by Crippen LogP contribution is -2.23. The second-order valence-electron chi connectivity index (χ2n) is 4.55. The van der Waals surface area contributed by atoms with E-state index in [9.17, 15) is 9.59 Å². The van der Waals surface area contributed by atoms with Crippen molar-refractivity contribution in [2.75, 3.05) is 19.0 Å². The Morgan fingerprint density at radius 3 is 2.57 bits per heavy atom. The minimum atomic E-state index is -1.14. The summed E-state index contributed by atoms with van der Waals surface area (Å²) in [7, 11) is 3.72. The van der Waals surface area contributed by atoms with Gasteiger partial charge in [-0.25, -0.2) is 9.78 Å². The van der Waals surface area contributed by atoms with Gasteiger partial charge in [0.1, 0.15) is 11.6 Å². The monoisotopic (exact) mass is 289 g/mol. The van der Waals surface area contributed by atoms with Crippen LogP contribution < -0.4 is 10.2 Å². The van der Waals surface area contributed by atoms with E-state index in [2.05, 4.69) is 10.3 Å². The van der Waals surface area contributed by atoms with Crippen LogP contribution in [-0.2, 0) is 6.54 Å². The largest absolute Gasteiger partial charge is 0.475 e. The Kier molecular flexibility index (Phi) is 4.22. The molecule has 0 fully saturated rings. The molecule has 1 amide bonds. The summed E-state index contributed by atoms with van der Waals surface area (Å²) in [6, 6.07) is 6.27. The van der Waals surface area contributed by atoms with Gasteiger partial charge in [0.15, 0.2) is 0 Å². The molecule has 0 atom stereocenters. The van der Waals surface area contributed by atoms with Crippen LogP contribution in [0.4, 0.5) is 5.82 Å². The third-order valence-electron chi connectivity index (χ3n) is 2.76. The van der Waals surface area contributed by atoms with E-state index in [-0.39, 0.29) is 18.2 Å². The number of aromatic carboxylic acids is 1. The standard InChI is InChI=1S/C14H15N3O4/c1-17(2)12-6-3-9(7-15-12)13(18)16-8-10-4-5-11(21-10)14(19)20/h3-7H,8H2,1-2H3,(H,16,18)(H,19,20). The van der Waals surface area contributed by atoms with Crippen molar-refractivity contribution in [1.29, 1.82) is 0 Å². The number of anilines is 1. The Bertz CT molecular complexity index is 646. The van der Waals surface area contributed by atoms with E-state index in [1.54, 1.807) is 12.1 Å². The lowest BCUT2D eigenvalue weighted by atomic mass is 10.2. The van der Waals surface area contributed by atoms with Crippen LogP contribution in [0.3, 0.4) is 0 Å². The van der Waals surface area contributed by atoms with Crippen molar-refractivity contribution in [2.24, 2.45) is 0 Å². The Labute approximate surface area is 121 Å². The molecular formula is C14H15N3O4. The predicted octanol–water partition coefficient (Wildman–Crippen LogP) is 1.37. The first-order chi connectivity index (χ1) is 9.97. The average Bonchev–Trinajstić information content (AvgIpc) is 2.94. The molecule has 2 N–H and O–H groups in total. The van der Waals surface area contributed by atoms with Crippen molar-refractivity contribution in [3.05, 3.63) is 47.5 Å². The first kappa shape index (κ1) is 14.6. The number of rotatable bonds is 5. The number of aromatic nitrogens is 1. The van der Waals surface area contributed by atoms with Crippen LogP contribution in [0.5, 0.6) is 0 Å². The molecule has 0 saturated heterocycles. The van der Waals surface area contributed by atoms with Gasteiger partial charge in [0.05, 0.1) is 12.1 Å². The fraction of sp³-hybridized carbons (Fsp3) is 0.214. The van der Waals surface area contributed by atoms with E-state index >= 15 is 0 Å². The van der Waals surface area contributed by atoms with Gasteiger partial charge in [0, 0.05) is 20.3 Å². The van der Waals surface area contributed by atoms with Gasteiger partial charge >= 0.3 is 5.97 Å². The maximum Gasteiger partial charge on any atom is 0.371 e. The Hall–Kier alpha value is -2.83. The molecule has 0 spiro atoms. The zero-order valence-corrected chi connectivity index (χ0v) is 11.7. The number of carbonyl (C=O) groups is 2. The van der Waals surface area contributed by atoms with Gasteiger partial charge < -0.3 is 19.7 Å². The van der Waals surface area contributed by atoms with Crippen molar-refractivity contribution in [1.82, 2.24) is 10.3 Å². The fourth-order valence-electron chi connectivity index (χ4n) is 1.64. The number of hydrogen-bond acceptors (Lipinski definition) is 5. The van der Waals surface area contributed by atoms with Gasteiger partial charge in [-0.3, -0.25) is 4.79 Å². The van der Waals surface area contributed by atoms with Crippen molar-refractivity contribution < 1.29 is 19.1 Å². The van der Waals surface area contributed by atoms with Crippen LogP contribution in [0, 0.1) is 0 Å². The van der Waals surface area contributed by atoms with Gasteiger partial charge in [-0.1, -0.05) is 0 Å². The first-order valence-corrected chi connectivity index (χ1v) is 6.21. The van der Waals surface area contributed by atoms with E-state index in [0.717, 1.165) is 5.82 Å². The van der Waals surface area contributed by atoms with Gasteiger partial charge in [0.2, 0.25) is 5.76 Å². The van der Waals surface area contributed by atoms with Gasteiger partial charge in [-0.2, -0.15) is 0 Å². The lowest BCUT2D eigenvalue weighted by Gasteiger charge is -2.11. The molecule has 21 heavy (non-hydrogen) atoms. The number of carbonyl (C=O) groups excluding carboxylic acids is 1. The summed E-state index contributed by atoms with van der Waals surface area (Å²) >= 11 is 0. The highest BCUT2D eigenvalue weighted by atomic mass is 16.4. The summed E-state index contributed by atoms with van der Waals surface area (Å²) in [5, 5.41) is 11.4. The zero-order chi connectivity index (χ0) is 15.4. The molecule has 0 unspecified atom stereocenters. The van der Waals surface area contributed by atoms with Crippen LogP contribution >= 0.6 is 0 Å². The third-order valence-corrected chi connectivity index (χ3v) is 2.76. The summed E-state index contributed by atoms with van der Waals surface area (Å²) in [6.45, 7) is 0.113. The second-order valence-corrected chi connectivity index (χ2v) is 4.55. The Balaban J connectivity index is 1.96. The molecule has 0 bridgehead atoms. The second kappa shape index (κ2) is 6.08. The van der Waals surface area contributed by atoms with E-state index in [4.69, 9.17) is 9.52 Å². The third kappa shape index (κ3) is 3.59.